The summed E-state index contributed by atoms with van der Waals surface area (Å²) in [5, 5.41) is 11.7. The Bertz CT molecular complexity index is 1550. The third-order valence-corrected chi connectivity index (χ3v) is 7.32. The maximum absolute atomic E-state index is 13.9. The van der Waals surface area contributed by atoms with E-state index in [9.17, 15) is 32.8 Å². The summed E-state index contributed by atoms with van der Waals surface area (Å²) >= 11 is 12.5. The Labute approximate surface area is 246 Å². The molecule has 1 saturated carbocycles. The molecule has 2 aliphatic rings. The van der Waals surface area contributed by atoms with Gasteiger partial charge in [0, 0.05) is 12.0 Å². The van der Waals surface area contributed by atoms with Gasteiger partial charge in [0.1, 0.15) is 28.5 Å². The molecular weight excluding hydrogens is 604 g/mol. The summed E-state index contributed by atoms with van der Waals surface area (Å²) in [5.41, 5.74) is 0.344. The van der Waals surface area contributed by atoms with E-state index in [4.69, 9.17) is 32.7 Å². The van der Waals surface area contributed by atoms with Gasteiger partial charge in [-0.1, -0.05) is 29.3 Å². The highest BCUT2D eigenvalue weighted by molar-refractivity contribution is 6.52. The van der Waals surface area contributed by atoms with Crippen molar-refractivity contribution in [2.75, 3.05) is 18.1 Å². The molecule has 0 N–H and O–H groups in total. The van der Waals surface area contributed by atoms with Crippen LogP contribution in [0.25, 0.3) is 0 Å². The van der Waals surface area contributed by atoms with E-state index in [0.717, 1.165) is 48.3 Å². The van der Waals surface area contributed by atoms with Crippen LogP contribution in [0.5, 0.6) is 11.5 Å². The first-order valence-electron chi connectivity index (χ1n) is 12.6. The second-order valence-corrected chi connectivity index (χ2v) is 10.5. The number of nitrogens with zero attached hydrogens (tertiary/aromatic N) is 2. The lowest BCUT2D eigenvalue weighted by molar-refractivity contribution is -0.605. The monoisotopic (exact) mass is 624 g/mol. The topological polar surface area (TPSA) is 109 Å². The maximum atomic E-state index is 13.9. The van der Waals surface area contributed by atoms with Crippen molar-refractivity contribution < 1.29 is 46.5 Å². The van der Waals surface area contributed by atoms with E-state index in [-0.39, 0.29) is 62.9 Å². The molecule has 14 heteroatoms. The minimum Gasteiger partial charge on any atom is -0.619 e. The number of carbonyl (C=O) groups excluding carboxylic acids is 3. The van der Waals surface area contributed by atoms with Crippen LogP contribution in [0.4, 0.5) is 18.9 Å². The predicted molar refractivity (Wildman–Crippen MR) is 142 cm³/mol. The Balaban J connectivity index is 1.46. The molecule has 1 amide bonds. The zero-order valence-corrected chi connectivity index (χ0v) is 23.0. The molecule has 1 aromatic heterocycles. The highest BCUT2D eigenvalue weighted by Gasteiger charge is 2.38. The number of aromatic nitrogens is 1. The Morgan fingerprint density at radius 3 is 2.45 bits per heavy atom. The van der Waals surface area contributed by atoms with Crippen LogP contribution in [-0.4, -0.2) is 37.4 Å². The maximum Gasteiger partial charge on any atom is 0.387 e. The molecule has 42 heavy (non-hydrogen) atoms. The smallest absolute Gasteiger partial charge is 0.387 e. The number of ketones is 1. The Kier molecular flexibility index (Phi) is 8.46. The van der Waals surface area contributed by atoms with Crippen molar-refractivity contribution in [1.82, 2.24) is 0 Å². The summed E-state index contributed by atoms with van der Waals surface area (Å²) < 4.78 is 56.4. The second kappa shape index (κ2) is 12.1. The van der Waals surface area contributed by atoms with Gasteiger partial charge in [-0.3, -0.25) is 19.3 Å². The number of alkyl halides is 2. The fraction of sp³-hybridized carbons (Fsp3) is 0.286. The van der Waals surface area contributed by atoms with Gasteiger partial charge in [0.2, 0.25) is 0 Å². The fourth-order valence-corrected chi connectivity index (χ4v) is 5.01. The SMILES string of the molecule is O=C(CN1C(=O)C(=O)c2ccc(F)cc21)OC(Cc1c(Cl)c[n+]([O-])cc1Cl)c1ccc(OC(F)F)c(OCC2CC2)c1. The molecule has 1 aliphatic carbocycles. The quantitative estimate of drug-likeness (QED) is 0.125. The molecule has 1 aliphatic heterocycles. The molecule has 220 valence electrons. The van der Waals surface area contributed by atoms with Crippen LogP contribution in [0, 0.1) is 16.9 Å². The van der Waals surface area contributed by atoms with Gasteiger partial charge in [0.15, 0.2) is 23.9 Å². The van der Waals surface area contributed by atoms with Crippen molar-refractivity contribution in [2.45, 2.75) is 32.0 Å². The molecule has 3 aromatic rings. The number of ether oxygens (including phenoxy) is 3. The highest BCUT2D eigenvalue weighted by Crippen LogP contribution is 2.38. The minimum atomic E-state index is -3.12. The Morgan fingerprint density at radius 2 is 1.79 bits per heavy atom. The van der Waals surface area contributed by atoms with Crippen molar-refractivity contribution in [2.24, 2.45) is 5.92 Å². The average molecular weight is 625 g/mol. The zero-order chi connectivity index (χ0) is 30.1. The lowest BCUT2D eigenvalue weighted by Gasteiger charge is -2.23. The summed E-state index contributed by atoms with van der Waals surface area (Å²) in [5.74, 6) is -3.64. The van der Waals surface area contributed by atoms with Crippen molar-refractivity contribution >= 4 is 46.5 Å². The van der Waals surface area contributed by atoms with Crippen molar-refractivity contribution in [1.29, 1.82) is 0 Å². The average Bonchev–Trinajstić information content (AvgIpc) is 3.72. The fourth-order valence-electron chi connectivity index (χ4n) is 4.41. The van der Waals surface area contributed by atoms with Crippen LogP contribution in [0.3, 0.4) is 0 Å². The van der Waals surface area contributed by atoms with Gasteiger partial charge in [0.25, 0.3) is 11.7 Å². The molecule has 0 saturated heterocycles. The van der Waals surface area contributed by atoms with Crippen LogP contribution in [-0.2, 0) is 20.7 Å². The molecular formula is C28H21Cl2F3N2O7. The summed E-state index contributed by atoms with van der Waals surface area (Å²) in [6, 6.07) is 7.08. The van der Waals surface area contributed by atoms with E-state index in [2.05, 4.69) is 4.74 Å². The normalized spacial score (nSPS) is 15.1. The van der Waals surface area contributed by atoms with Gasteiger partial charge in [-0.2, -0.15) is 13.5 Å². The van der Waals surface area contributed by atoms with Gasteiger partial charge in [0.05, 0.1) is 17.9 Å². The standard InChI is InChI=1S/C28H21Cl2F3N2O7/c29-19-10-34(39)11-20(30)18(19)9-23(15-3-6-22(42-28(32)33)24(7-15)40-13-14-1-2-14)41-25(36)12-35-21-8-16(31)4-5-17(21)26(37)27(35)38/h3-8,10-11,14,23,28H,1-2,9,12-13H2. The number of benzene rings is 2. The first-order chi connectivity index (χ1) is 20.0. The first-order valence-corrected chi connectivity index (χ1v) is 13.4. The van der Waals surface area contributed by atoms with Crippen LogP contribution in [0.1, 0.15) is 40.4 Å². The number of anilines is 1. The molecule has 5 rings (SSSR count). The van der Waals surface area contributed by atoms with E-state index < -0.39 is 42.7 Å². The van der Waals surface area contributed by atoms with Crippen molar-refractivity contribution in [3.05, 3.63) is 86.6 Å². The number of esters is 1. The molecule has 0 bridgehead atoms. The molecule has 2 heterocycles. The van der Waals surface area contributed by atoms with Gasteiger partial charge >= 0.3 is 12.6 Å². The number of hydrogen-bond donors (Lipinski definition) is 0. The summed E-state index contributed by atoms with van der Waals surface area (Å²) in [7, 11) is 0. The second-order valence-electron chi connectivity index (χ2n) is 9.70. The van der Waals surface area contributed by atoms with Crippen LogP contribution in [0.2, 0.25) is 10.0 Å². The van der Waals surface area contributed by atoms with E-state index in [1.54, 1.807) is 0 Å². The lowest BCUT2D eigenvalue weighted by atomic mass is 10.0. The molecule has 1 unspecified atom stereocenters. The highest BCUT2D eigenvalue weighted by atomic mass is 35.5. The zero-order valence-electron chi connectivity index (χ0n) is 21.5. The number of hydrogen-bond acceptors (Lipinski definition) is 7. The third kappa shape index (κ3) is 6.55. The van der Waals surface area contributed by atoms with Crippen molar-refractivity contribution in [3.63, 3.8) is 0 Å². The Morgan fingerprint density at radius 1 is 1.07 bits per heavy atom. The number of fused-ring (bicyclic) bond motifs is 1. The molecule has 9 nitrogen and oxygen atoms in total. The third-order valence-electron chi connectivity index (χ3n) is 6.67. The van der Waals surface area contributed by atoms with Crippen molar-refractivity contribution in [3.8, 4) is 11.5 Å². The molecule has 1 atom stereocenters. The molecule has 0 radical (unpaired) electrons. The summed E-state index contributed by atoms with van der Waals surface area (Å²) in [4.78, 5) is 38.9. The van der Waals surface area contributed by atoms with E-state index >= 15 is 0 Å². The molecule has 2 aromatic carbocycles. The van der Waals surface area contributed by atoms with Crippen LogP contribution in [0.15, 0.2) is 48.8 Å². The predicted octanol–water partition coefficient (Wildman–Crippen LogP) is 5.21. The number of Topliss-reactive ketones (excluding diaryl/α,β-unsaturated/α-hetero) is 1. The first kappa shape index (κ1) is 29.5. The summed E-state index contributed by atoms with van der Waals surface area (Å²) in [6.45, 7) is -3.61. The summed E-state index contributed by atoms with van der Waals surface area (Å²) in [6.07, 6.45) is 2.58. The lowest BCUT2D eigenvalue weighted by Crippen LogP contribution is -2.36. The van der Waals surface area contributed by atoms with Gasteiger partial charge in [-0.15, -0.1) is 0 Å². The van der Waals surface area contributed by atoms with Crippen LogP contribution < -0.4 is 19.1 Å². The molecule has 0 spiro atoms. The van der Waals surface area contributed by atoms with Gasteiger partial charge < -0.3 is 19.4 Å². The van der Waals surface area contributed by atoms with Gasteiger partial charge in [-0.05, 0) is 54.7 Å². The van der Waals surface area contributed by atoms with Crippen LogP contribution >= 0.6 is 23.2 Å². The Hall–Kier alpha value is -4.03. The minimum absolute atomic E-state index is 0.0203. The molecule has 1 fully saturated rings. The number of amides is 1. The van der Waals surface area contributed by atoms with E-state index in [0.29, 0.717) is 4.73 Å². The van der Waals surface area contributed by atoms with Gasteiger partial charge in [-0.25, -0.2) is 4.39 Å². The number of rotatable bonds is 11. The number of halogens is 5. The number of pyridine rings is 1. The number of carbonyl (C=O) groups is 3. The van der Waals surface area contributed by atoms with E-state index in [1.807, 2.05) is 0 Å². The van der Waals surface area contributed by atoms with E-state index in [1.165, 1.54) is 18.2 Å². The largest absolute Gasteiger partial charge is 0.619 e.